The summed E-state index contributed by atoms with van der Waals surface area (Å²) in [6.07, 6.45) is 3.39. The minimum atomic E-state index is -0.473. The van der Waals surface area contributed by atoms with Crippen LogP contribution in [0.3, 0.4) is 0 Å². The first-order valence-corrected chi connectivity index (χ1v) is 7.68. The molecule has 2 aromatic heterocycles. The third-order valence-electron chi connectivity index (χ3n) is 3.43. The molecule has 8 nitrogen and oxygen atoms in total. The molecule has 24 heavy (non-hydrogen) atoms. The Morgan fingerprint density at radius 2 is 2.17 bits per heavy atom. The molecule has 0 fully saturated rings. The van der Waals surface area contributed by atoms with Gasteiger partial charge in [-0.1, -0.05) is 6.07 Å². The fraction of sp³-hybridized carbons (Fsp3) is 0.375. The molecular formula is C16H21N5O3. The van der Waals surface area contributed by atoms with Crippen LogP contribution in [0.1, 0.15) is 31.1 Å². The van der Waals surface area contributed by atoms with Gasteiger partial charge in [-0.15, -0.1) is 0 Å². The highest BCUT2D eigenvalue weighted by Gasteiger charge is 2.17. The number of aromatic nitrogens is 3. The number of amides is 2. The number of esters is 1. The van der Waals surface area contributed by atoms with E-state index in [2.05, 4.69) is 20.7 Å². The molecule has 0 aliphatic heterocycles. The minimum absolute atomic E-state index is 0.168. The highest BCUT2D eigenvalue weighted by Crippen LogP contribution is 2.18. The van der Waals surface area contributed by atoms with Crippen molar-refractivity contribution in [3.05, 3.63) is 41.9 Å². The van der Waals surface area contributed by atoms with E-state index in [0.717, 1.165) is 11.3 Å². The van der Waals surface area contributed by atoms with E-state index in [1.807, 2.05) is 32.0 Å². The van der Waals surface area contributed by atoms with Gasteiger partial charge >= 0.3 is 12.0 Å². The molecule has 2 amide bonds. The van der Waals surface area contributed by atoms with Crippen LogP contribution in [0.15, 0.2) is 30.6 Å². The second-order valence-electron chi connectivity index (χ2n) is 5.14. The molecule has 0 radical (unpaired) electrons. The Kier molecular flexibility index (Phi) is 5.89. The SMILES string of the molecule is CCOC(=O)CNC(=O)N[C@H](C)c1cnn(-c2ccccn2)c1C. The number of carbonyl (C=O) groups is 2. The molecule has 8 heteroatoms. The summed E-state index contributed by atoms with van der Waals surface area (Å²) in [4.78, 5) is 27.3. The van der Waals surface area contributed by atoms with Crippen LogP contribution in [0.4, 0.5) is 4.79 Å². The molecule has 128 valence electrons. The van der Waals surface area contributed by atoms with Gasteiger partial charge < -0.3 is 15.4 Å². The van der Waals surface area contributed by atoms with Gasteiger partial charge in [0, 0.05) is 17.5 Å². The number of ether oxygens (including phenoxy) is 1. The Bertz CT molecular complexity index is 699. The molecule has 0 unspecified atom stereocenters. The third kappa shape index (κ3) is 4.31. The topological polar surface area (TPSA) is 98.1 Å². The van der Waals surface area contributed by atoms with Crippen molar-refractivity contribution in [3.63, 3.8) is 0 Å². The quantitative estimate of drug-likeness (QED) is 0.782. The largest absolute Gasteiger partial charge is 0.465 e. The third-order valence-corrected chi connectivity index (χ3v) is 3.43. The van der Waals surface area contributed by atoms with Crippen LogP contribution in [-0.4, -0.2) is 39.9 Å². The first-order valence-electron chi connectivity index (χ1n) is 7.68. The predicted molar refractivity (Wildman–Crippen MR) is 87.7 cm³/mol. The Morgan fingerprint density at radius 1 is 1.38 bits per heavy atom. The Balaban J connectivity index is 1.98. The van der Waals surface area contributed by atoms with Crippen molar-refractivity contribution in [2.75, 3.05) is 13.2 Å². The van der Waals surface area contributed by atoms with Crippen molar-refractivity contribution in [1.82, 2.24) is 25.4 Å². The lowest BCUT2D eigenvalue weighted by molar-refractivity contribution is -0.141. The summed E-state index contributed by atoms with van der Waals surface area (Å²) in [5.41, 5.74) is 1.75. The summed E-state index contributed by atoms with van der Waals surface area (Å²) in [5.74, 6) is 0.236. The van der Waals surface area contributed by atoms with E-state index >= 15 is 0 Å². The van der Waals surface area contributed by atoms with E-state index in [4.69, 9.17) is 4.74 Å². The van der Waals surface area contributed by atoms with E-state index in [1.54, 1.807) is 24.0 Å². The van der Waals surface area contributed by atoms with Crippen LogP contribution in [0, 0.1) is 6.92 Å². The molecule has 0 saturated carbocycles. The van der Waals surface area contributed by atoms with Gasteiger partial charge in [0.2, 0.25) is 0 Å². The maximum absolute atomic E-state index is 11.9. The van der Waals surface area contributed by atoms with Crippen LogP contribution in [0.2, 0.25) is 0 Å². The molecule has 0 aliphatic rings. The Labute approximate surface area is 140 Å². The van der Waals surface area contributed by atoms with E-state index in [-0.39, 0.29) is 19.2 Å². The highest BCUT2D eigenvalue weighted by molar-refractivity contribution is 5.80. The monoisotopic (exact) mass is 331 g/mol. The average Bonchev–Trinajstić information content (AvgIpc) is 2.96. The lowest BCUT2D eigenvalue weighted by Gasteiger charge is -2.14. The zero-order valence-electron chi connectivity index (χ0n) is 13.9. The van der Waals surface area contributed by atoms with Gasteiger partial charge in [-0.3, -0.25) is 4.79 Å². The van der Waals surface area contributed by atoms with Gasteiger partial charge in [-0.05, 0) is 32.9 Å². The van der Waals surface area contributed by atoms with Crippen molar-refractivity contribution in [3.8, 4) is 5.82 Å². The van der Waals surface area contributed by atoms with Gasteiger partial charge in [0.15, 0.2) is 5.82 Å². The molecule has 0 bridgehead atoms. The number of pyridine rings is 1. The molecule has 0 aliphatic carbocycles. The second kappa shape index (κ2) is 8.09. The van der Waals surface area contributed by atoms with Gasteiger partial charge in [-0.2, -0.15) is 5.10 Å². The molecule has 2 heterocycles. The molecule has 0 spiro atoms. The van der Waals surface area contributed by atoms with Crippen molar-refractivity contribution in [1.29, 1.82) is 0 Å². The molecule has 0 aromatic carbocycles. The highest BCUT2D eigenvalue weighted by atomic mass is 16.5. The van der Waals surface area contributed by atoms with E-state index in [1.165, 1.54) is 0 Å². The van der Waals surface area contributed by atoms with Crippen LogP contribution >= 0.6 is 0 Å². The maximum Gasteiger partial charge on any atom is 0.325 e. The van der Waals surface area contributed by atoms with Gasteiger partial charge in [0.1, 0.15) is 6.54 Å². The number of hydrogen-bond donors (Lipinski definition) is 2. The molecule has 0 saturated heterocycles. The molecule has 2 aromatic rings. The van der Waals surface area contributed by atoms with Crippen molar-refractivity contribution < 1.29 is 14.3 Å². The van der Waals surface area contributed by atoms with E-state index in [0.29, 0.717) is 5.82 Å². The fourth-order valence-corrected chi connectivity index (χ4v) is 2.25. The van der Waals surface area contributed by atoms with Crippen LogP contribution in [0.5, 0.6) is 0 Å². The number of nitrogens with one attached hydrogen (secondary N) is 2. The molecule has 1 atom stereocenters. The van der Waals surface area contributed by atoms with Gasteiger partial charge in [-0.25, -0.2) is 14.5 Å². The van der Waals surface area contributed by atoms with Crippen molar-refractivity contribution in [2.45, 2.75) is 26.8 Å². The molecule has 2 rings (SSSR count). The predicted octanol–water partition coefficient (Wildman–Crippen LogP) is 1.50. The Hall–Kier alpha value is -2.90. The second-order valence-corrected chi connectivity index (χ2v) is 5.14. The van der Waals surface area contributed by atoms with Crippen molar-refractivity contribution >= 4 is 12.0 Å². The molecule has 2 N–H and O–H groups in total. The minimum Gasteiger partial charge on any atom is -0.465 e. The lowest BCUT2D eigenvalue weighted by Crippen LogP contribution is -2.40. The Morgan fingerprint density at radius 3 is 2.83 bits per heavy atom. The van der Waals surface area contributed by atoms with Crippen LogP contribution < -0.4 is 10.6 Å². The number of nitrogens with zero attached hydrogens (tertiary/aromatic N) is 3. The number of carbonyl (C=O) groups excluding carboxylic acids is 2. The number of rotatable bonds is 6. The fourth-order valence-electron chi connectivity index (χ4n) is 2.25. The summed E-state index contributed by atoms with van der Waals surface area (Å²) in [7, 11) is 0. The molecular weight excluding hydrogens is 310 g/mol. The first kappa shape index (κ1) is 17.5. The summed E-state index contributed by atoms with van der Waals surface area (Å²) >= 11 is 0. The smallest absolute Gasteiger partial charge is 0.325 e. The summed E-state index contributed by atoms with van der Waals surface area (Å²) in [6.45, 7) is 5.58. The van der Waals surface area contributed by atoms with E-state index in [9.17, 15) is 9.59 Å². The first-order chi connectivity index (χ1) is 11.5. The summed E-state index contributed by atoms with van der Waals surface area (Å²) in [6, 6.07) is 4.85. The maximum atomic E-state index is 11.9. The number of urea groups is 1. The number of hydrogen-bond acceptors (Lipinski definition) is 5. The average molecular weight is 331 g/mol. The lowest BCUT2D eigenvalue weighted by atomic mass is 10.1. The van der Waals surface area contributed by atoms with Crippen LogP contribution in [-0.2, 0) is 9.53 Å². The van der Waals surface area contributed by atoms with Gasteiger partial charge in [0.25, 0.3) is 0 Å². The van der Waals surface area contributed by atoms with Crippen LogP contribution in [0.25, 0.3) is 5.82 Å². The summed E-state index contributed by atoms with van der Waals surface area (Å²) in [5, 5.41) is 9.55. The van der Waals surface area contributed by atoms with Gasteiger partial charge in [0.05, 0.1) is 18.8 Å². The zero-order chi connectivity index (χ0) is 17.5. The normalized spacial score (nSPS) is 11.6. The summed E-state index contributed by atoms with van der Waals surface area (Å²) < 4.78 is 6.46. The van der Waals surface area contributed by atoms with Crippen molar-refractivity contribution in [2.24, 2.45) is 0 Å². The zero-order valence-corrected chi connectivity index (χ0v) is 13.9. The standard InChI is InChI=1S/C16H21N5O3/c1-4-24-15(22)10-18-16(23)20-11(2)13-9-19-21(12(13)3)14-7-5-6-8-17-14/h5-9,11H,4,10H2,1-3H3,(H2,18,20,23)/t11-/m1/s1. The van der Waals surface area contributed by atoms with E-state index < -0.39 is 12.0 Å².